The molecule has 3 aromatic carbocycles. The number of amides is 4. The Morgan fingerprint density at radius 2 is 1.69 bits per heavy atom. The molecule has 1 aliphatic heterocycles. The molecule has 0 bridgehead atoms. The van der Waals surface area contributed by atoms with Gasteiger partial charge in [-0.15, -0.1) is 0 Å². The average molecular weight is 492 g/mol. The van der Waals surface area contributed by atoms with Gasteiger partial charge in [0, 0.05) is 12.2 Å². The van der Waals surface area contributed by atoms with E-state index in [2.05, 4.69) is 5.32 Å². The lowest BCUT2D eigenvalue weighted by atomic mass is 10.1. The Kier molecular flexibility index (Phi) is 7.19. The van der Waals surface area contributed by atoms with Crippen molar-refractivity contribution in [1.82, 2.24) is 4.90 Å². The van der Waals surface area contributed by atoms with E-state index in [4.69, 9.17) is 9.47 Å². The zero-order valence-electron chi connectivity index (χ0n) is 20.2. The van der Waals surface area contributed by atoms with E-state index in [9.17, 15) is 18.8 Å². The molecule has 36 heavy (non-hydrogen) atoms. The highest BCUT2D eigenvalue weighted by atomic mass is 19.1. The van der Waals surface area contributed by atoms with E-state index in [-0.39, 0.29) is 13.0 Å². The minimum atomic E-state index is -1.04. The molecule has 8 nitrogen and oxygen atoms in total. The molecular formula is C27H26FN3O5. The van der Waals surface area contributed by atoms with Crippen molar-refractivity contribution in [3.05, 3.63) is 83.7 Å². The Morgan fingerprint density at radius 3 is 2.36 bits per heavy atom. The fourth-order valence-electron chi connectivity index (χ4n) is 4.11. The van der Waals surface area contributed by atoms with Crippen LogP contribution in [-0.2, 0) is 16.1 Å². The summed E-state index contributed by atoms with van der Waals surface area (Å²) < 4.78 is 23.9. The minimum absolute atomic E-state index is 0.0712. The molecule has 1 atom stereocenters. The quantitative estimate of drug-likeness (QED) is 0.468. The van der Waals surface area contributed by atoms with Gasteiger partial charge in [-0.25, -0.2) is 14.1 Å². The standard InChI is InChI=1S/C27H26FN3O5/c1-17-5-4-6-21(13-17)31-26(33)22(15-25(32)29-20-10-8-19(28)9-11-20)30(27(31)34)16-18-7-12-23(35-2)24(14-18)36-3/h4-14,22H,15-16H2,1-3H3,(H,29,32)/t22-/m1/s1. The van der Waals surface area contributed by atoms with E-state index in [1.54, 1.807) is 36.4 Å². The van der Waals surface area contributed by atoms with Gasteiger partial charge in [0.25, 0.3) is 5.91 Å². The molecule has 0 aliphatic carbocycles. The van der Waals surface area contributed by atoms with Gasteiger partial charge in [0.1, 0.15) is 11.9 Å². The smallest absolute Gasteiger partial charge is 0.332 e. The van der Waals surface area contributed by atoms with Crippen molar-refractivity contribution in [3.8, 4) is 11.5 Å². The van der Waals surface area contributed by atoms with Crippen LogP contribution in [0.4, 0.5) is 20.6 Å². The molecule has 4 amide bonds. The number of carbonyl (C=O) groups excluding carboxylic acids is 3. The van der Waals surface area contributed by atoms with Crippen molar-refractivity contribution >= 4 is 29.2 Å². The van der Waals surface area contributed by atoms with Crippen LogP contribution in [0.3, 0.4) is 0 Å². The van der Waals surface area contributed by atoms with Crippen LogP contribution in [0.1, 0.15) is 17.5 Å². The fraction of sp³-hybridized carbons (Fsp3) is 0.222. The first-order valence-corrected chi connectivity index (χ1v) is 11.3. The van der Waals surface area contributed by atoms with Crippen molar-refractivity contribution in [2.75, 3.05) is 24.4 Å². The average Bonchev–Trinajstić information content (AvgIpc) is 3.09. The van der Waals surface area contributed by atoms with Crippen molar-refractivity contribution < 1.29 is 28.2 Å². The van der Waals surface area contributed by atoms with Crippen LogP contribution in [0.2, 0.25) is 0 Å². The van der Waals surface area contributed by atoms with Gasteiger partial charge in [0.2, 0.25) is 5.91 Å². The first-order chi connectivity index (χ1) is 17.3. The molecule has 186 valence electrons. The molecular weight excluding hydrogens is 465 g/mol. The Bertz CT molecular complexity index is 1290. The summed E-state index contributed by atoms with van der Waals surface area (Å²) in [6.07, 6.45) is -0.266. The second-order valence-corrected chi connectivity index (χ2v) is 8.39. The molecule has 1 aliphatic rings. The van der Waals surface area contributed by atoms with Crippen LogP contribution in [0.25, 0.3) is 0 Å². The van der Waals surface area contributed by atoms with Gasteiger partial charge in [-0.2, -0.15) is 0 Å². The number of halogens is 1. The number of methoxy groups -OCH3 is 2. The van der Waals surface area contributed by atoms with Gasteiger partial charge < -0.3 is 19.7 Å². The first-order valence-electron chi connectivity index (χ1n) is 11.3. The number of rotatable bonds is 8. The number of nitrogens with zero attached hydrogens (tertiary/aromatic N) is 2. The lowest BCUT2D eigenvalue weighted by Crippen LogP contribution is -2.37. The van der Waals surface area contributed by atoms with Gasteiger partial charge in [0.05, 0.1) is 26.3 Å². The number of imide groups is 1. The predicted octanol–water partition coefficient (Wildman–Crippen LogP) is 4.52. The first kappa shape index (κ1) is 24.7. The summed E-state index contributed by atoms with van der Waals surface area (Å²) in [5.41, 5.74) is 2.41. The minimum Gasteiger partial charge on any atom is -0.493 e. The van der Waals surface area contributed by atoms with Crippen molar-refractivity contribution in [1.29, 1.82) is 0 Å². The van der Waals surface area contributed by atoms with E-state index >= 15 is 0 Å². The highest BCUT2D eigenvalue weighted by Crippen LogP contribution is 2.32. The summed E-state index contributed by atoms with van der Waals surface area (Å²) in [6.45, 7) is 1.94. The molecule has 0 spiro atoms. The third-order valence-electron chi connectivity index (χ3n) is 5.89. The van der Waals surface area contributed by atoms with Gasteiger partial charge in [-0.05, 0) is 66.6 Å². The SMILES string of the molecule is COc1ccc(CN2C(=O)N(c3cccc(C)c3)C(=O)[C@H]2CC(=O)Nc2ccc(F)cc2)cc1OC. The number of aryl methyl sites for hydroxylation is 1. The molecule has 1 saturated heterocycles. The van der Waals surface area contributed by atoms with Gasteiger partial charge >= 0.3 is 6.03 Å². The van der Waals surface area contributed by atoms with E-state index in [0.717, 1.165) is 10.5 Å². The summed E-state index contributed by atoms with van der Waals surface area (Å²) in [5.74, 6) is -0.397. The Labute approximate surface area is 208 Å². The molecule has 0 saturated carbocycles. The number of nitrogens with one attached hydrogen (secondary N) is 1. The summed E-state index contributed by atoms with van der Waals surface area (Å²) in [5, 5.41) is 2.66. The Balaban J connectivity index is 1.63. The summed E-state index contributed by atoms with van der Waals surface area (Å²) >= 11 is 0. The maximum Gasteiger partial charge on any atom is 0.332 e. The number of hydrogen-bond acceptors (Lipinski definition) is 5. The second-order valence-electron chi connectivity index (χ2n) is 8.39. The van der Waals surface area contributed by atoms with Crippen LogP contribution in [-0.4, -0.2) is 43.0 Å². The molecule has 1 heterocycles. The number of hydrogen-bond donors (Lipinski definition) is 1. The maximum absolute atomic E-state index is 13.5. The van der Waals surface area contributed by atoms with Crippen molar-refractivity contribution in [2.24, 2.45) is 0 Å². The molecule has 4 rings (SSSR count). The molecule has 0 aromatic heterocycles. The third-order valence-corrected chi connectivity index (χ3v) is 5.89. The third kappa shape index (κ3) is 5.14. The Morgan fingerprint density at radius 1 is 0.972 bits per heavy atom. The molecule has 0 radical (unpaired) electrons. The molecule has 3 aromatic rings. The van der Waals surface area contributed by atoms with Crippen LogP contribution >= 0.6 is 0 Å². The highest BCUT2D eigenvalue weighted by molar-refractivity contribution is 6.22. The van der Waals surface area contributed by atoms with Crippen LogP contribution in [0, 0.1) is 12.7 Å². The molecule has 1 fully saturated rings. The van der Waals surface area contributed by atoms with Gasteiger partial charge in [-0.1, -0.05) is 18.2 Å². The van der Waals surface area contributed by atoms with Crippen LogP contribution in [0.15, 0.2) is 66.7 Å². The maximum atomic E-state index is 13.5. The zero-order valence-corrected chi connectivity index (χ0v) is 20.2. The van der Waals surface area contributed by atoms with E-state index < -0.39 is 29.7 Å². The fourth-order valence-corrected chi connectivity index (χ4v) is 4.11. The van der Waals surface area contributed by atoms with Gasteiger partial charge in [-0.3, -0.25) is 9.59 Å². The van der Waals surface area contributed by atoms with Crippen molar-refractivity contribution in [3.63, 3.8) is 0 Å². The largest absolute Gasteiger partial charge is 0.493 e. The Hall–Kier alpha value is -4.40. The second kappa shape index (κ2) is 10.5. The molecule has 0 unspecified atom stereocenters. The number of anilines is 2. The number of ether oxygens (including phenoxy) is 2. The number of carbonyl (C=O) groups is 3. The lowest BCUT2D eigenvalue weighted by Gasteiger charge is -2.22. The zero-order chi connectivity index (χ0) is 25.8. The number of benzene rings is 3. The highest BCUT2D eigenvalue weighted by Gasteiger charge is 2.46. The van der Waals surface area contributed by atoms with Crippen LogP contribution in [0.5, 0.6) is 11.5 Å². The number of urea groups is 1. The summed E-state index contributed by atoms with van der Waals surface area (Å²) in [6, 6.07) is 16.0. The monoisotopic (exact) mass is 491 g/mol. The van der Waals surface area contributed by atoms with E-state index in [0.29, 0.717) is 28.4 Å². The molecule has 9 heteroatoms. The van der Waals surface area contributed by atoms with Crippen LogP contribution < -0.4 is 19.7 Å². The lowest BCUT2D eigenvalue weighted by molar-refractivity contribution is -0.124. The topological polar surface area (TPSA) is 88.2 Å². The van der Waals surface area contributed by atoms with E-state index in [1.807, 2.05) is 13.0 Å². The van der Waals surface area contributed by atoms with Crippen molar-refractivity contribution in [2.45, 2.75) is 25.9 Å². The molecule has 1 N–H and O–H groups in total. The van der Waals surface area contributed by atoms with Gasteiger partial charge in [0.15, 0.2) is 11.5 Å². The normalized spacial score (nSPS) is 15.3. The predicted molar refractivity (Wildman–Crippen MR) is 133 cm³/mol. The summed E-state index contributed by atoms with van der Waals surface area (Å²) in [4.78, 5) is 42.3. The van der Waals surface area contributed by atoms with E-state index in [1.165, 1.54) is 43.4 Å². The summed E-state index contributed by atoms with van der Waals surface area (Å²) in [7, 11) is 3.03.